The number of halogens is 1. The Morgan fingerprint density at radius 3 is 2.74 bits per heavy atom. The number of fused-ring (bicyclic) bond motifs is 2. The van der Waals surface area contributed by atoms with Gasteiger partial charge in [-0.3, -0.25) is 14.3 Å². The summed E-state index contributed by atoms with van der Waals surface area (Å²) in [6, 6.07) is 3.70. The zero-order valence-electron chi connectivity index (χ0n) is 15.2. The van der Waals surface area contributed by atoms with Crippen molar-refractivity contribution in [3.05, 3.63) is 54.8 Å². The number of aryl methyl sites for hydroxylation is 1. The fourth-order valence-electron chi connectivity index (χ4n) is 4.20. The molecule has 3 aromatic rings. The molecule has 1 atom stereocenters. The van der Waals surface area contributed by atoms with Crippen molar-refractivity contribution in [1.29, 1.82) is 0 Å². The summed E-state index contributed by atoms with van der Waals surface area (Å²) in [5.41, 5.74) is 2.07. The Hall–Kier alpha value is -2.25. The van der Waals surface area contributed by atoms with E-state index in [0.29, 0.717) is 16.6 Å². The monoisotopic (exact) mass is 385 g/mol. The fraction of sp³-hybridized carbons (Fsp3) is 0.400. The molecule has 7 heteroatoms. The molecule has 2 aromatic heterocycles. The van der Waals surface area contributed by atoms with Crippen LogP contribution in [0.3, 0.4) is 0 Å². The van der Waals surface area contributed by atoms with Gasteiger partial charge in [-0.25, -0.2) is 9.18 Å². The van der Waals surface area contributed by atoms with Gasteiger partial charge in [0, 0.05) is 27.4 Å². The second-order valence-corrected chi connectivity index (χ2v) is 8.62. The van der Waals surface area contributed by atoms with Crippen LogP contribution in [0.2, 0.25) is 0 Å². The lowest BCUT2D eigenvalue weighted by Crippen LogP contribution is -2.30. The number of nitrogens with zero attached hydrogens (tertiary/aromatic N) is 1. The summed E-state index contributed by atoms with van der Waals surface area (Å²) in [6.07, 6.45) is 2.74. The van der Waals surface area contributed by atoms with Gasteiger partial charge in [-0.15, -0.1) is 11.3 Å². The van der Waals surface area contributed by atoms with Crippen molar-refractivity contribution in [2.75, 3.05) is 6.54 Å². The van der Waals surface area contributed by atoms with Crippen LogP contribution in [0.15, 0.2) is 21.7 Å². The van der Waals surface area contributed by atoms with Crippen LogP contribution in [0, 0.1) is 12.7 Å². The van der Waals surface area contributed by atoms with E-state index in [2.05, 4.69) is 23.3 Å². The van der Waals surface area contributed by atoms with E-state index < -0.39 is 17.1 Å². The number of hydrogen-bond acceptors (Lipinski definition) is 4. The van der Waals surface area contributed by atoms with Gasteiger partial charge >= 0.3 is 5.69 Å². The number of aromatic nitrogens is 2. The highest BCUT2D eigenvalue weighted by molar-refractivity contribution is 7.15. The fourth-order valence-corrected chi connectivity index (χ4v) is 5.55. The zero-order valence-corrected chi connectivity index (χ0v) is 16.0. The Morgan fingerprint density at radius 1 is 1.26 bits per heavy atom. The van der Waals surface area contributed by atoms with Crippen LogP contribution in [0.5, 0.6) is 0 Å². The number of thiophene rings is 1. The minimum Gasteiger partial charge on any atom is -0.309 e. The largest absolute Gasteiger partial charge is 0.329 e. The first-order chi connectivity index (χ1) is 13.0. The lowest BCUT2D eigenvalue weighted by atomic mass is 10.00. The molecule has 1 aliphatic heterocycles. The average molecular weight is 385 g/mol. The second-order valence-electron chi connectivity index (χ2n) is 7.54. The van der Waals surface area contributed by atoms with Gasteiger partial charge in [0.25, 0.3) is 5.56 Å². The summed E-state index contributed by atoms with van der Waals surface area (Å²) >= 11 is 1.60. The van der Waals surface area contributed by atoms with Crippen molar-refractivity contribution in [3.63, 3.8) is 0 Å². The van der Waals surface area contributed by atoms with Gasteiger partial charge in [0.1, 0.15) is 5.82 Å². The lowest BCUT2D eigenvalue weighted by Gasteiger charge is -2.19. The number of aromatic amines is 1. The molecule has 27 heavy (non-hydrogen) atoms. The van der Waals surface area contributed by atoms with Crippen molar-refractivity contribution in [3.8, 4) is 10.4 Å². The van der Waals surface area contributed by atoms with Crippen molar-refractivity contribution >= 4 is 22.2 Å². The SMILES string of the molecule is Cc1c(-c2cc3c(s2)C(C)NCC3)c(F)cc2c(=O)[nH]c(=O)n(C3CC3)c12. The molecular weight excluding hydrogens is 365 g/mol. The van der Waals surface area contributed by atoms with Crippen molar-refractivity contribution in [1.82, 2.24) is 14.9 Å². The second kappa shape index (κ2) is 5.87. The number of H-pyrrole nitrogens is 1. The van der Waals surface area contributed by atoms with Crippen molar-refractivity contribution in [2.45, 2.75) is 45.2 Å². The highest BCUT2D eigenvalue weighted by Gasteiger charge is 2.29. The summed E-state index contributed by atoms with van der Waals surface area (Å²) in [5, 5.41) is 3.68. The molecule has 0 amide bonds. The third kappa shape index (κ3) is 2.52. The molecule has 0 bridgehead atoms. The Morgan fingerprint density at radius 2 is 2.04 bits per heavy atom. The maximum absolute atomic E-state index is 15.1. The molecular formula is C20H20FN3O2S. The van der Waals surface area contributed by atoms with E-state index in [1.54, 1.807) is 15.9 Å². The van der Waals surface area contributed by atoms with E-state index in [-0.39, 0.29) is 17.5 Å². The van der Waals surface area contributed by atoms with Gasteiger partial charge in [0.2, 0.25) is 0 Å². The van der Waals surface area contributed by atoms with E-state index >= 15 is 4.39 Å². The normalized spacial score (nSPS) is 19.4. The molecule has 140 valence electrons. The van der Waals surface area contributed by atoms with Crippen LogP contribution in [0.25, 0.3) is 21.3 Å². The van der Waals surface area contributed by atoms with Crippen LogP contribution < -0.4 is 16.6 Å². The molecule has 1 aromatic carbocycles. The minimum absolute atomic E-state index is 0.0922. The van der Waals surface area contributed by atoms with Crippen molar-refractivity contribution < 1.29 is 4.39 Å². The highest BCUT2D eigenvalue weighted by atomic mass is 32.1. The summed E-state index contributed by atoms with van der Waals surface area (Å²) in [7, 11) is 0. The molecule has 1 unspecified atom stereocenters. The number of hydrogen-bond donors (Lipinski definition) is 2. The Labute approximate surface area is 158 Å². The third-order valence-corrected chi connectivity index (χ3v) is 7.04. The molecule has 2 aliphatic rings. The molecule has 5 rings (SSSR count). The predicted molar refractivity (Wildman–Crippen MR) is 105 cm³/mol. The molecule has 3 heterocycles. The van der Waals surface area contributed by atoms with Crippen LogP contribution in [-0.4, -0.2) is 16.1 Å². The maximum atomic E-state index is 15.1. The average Bonchev–Trinajstić information content (AvgIpc) is 3.35. The summed E-state index contributed by atoms with van der Waals surface area (Å²) < 4.78 is 16.8. The van der Waals surface area contributed by atoms with Gasteiger partial charge in [0.05, 0.1) is 10.9 Å². The highest BCUT2D eigenvalue weighted by Crippen LogP contribution is 2.42. The van der Waals surface area contributed by atoms with Gasteiger partial charge in [-0.1, -0.05) is 0 Å². The topological polar surface area (TPSA) is 66.9 Å². The Bertz CT molecular complexity index is 1200. The maximum Gasteiger partial charge on any atom is 0.329 e. The van der Waals surface area contributed by atoms with Gasteiger partial charge in [0.15, 0.2) is 0 Å². The van der Waals surface area contributed by atoms with E-state index in [1.165, 1.54) is 16.5 Å². The van der Waals surface area contributed by atoms with Gasteiger partial charge in [-0.05, 0) is 62.9 Å². The standard InChI is InChI=1S/C20H20FN3O2S/c1-9-16(15-7-11-5-6-22-10(2)18(11)27-15)14(21)8-13-17(9)24(12-3-4-12)20(26)23-19(13)25/h7-8,10,12,22H,3-6H2,1-2H3,(H,23,25,26). The van der Waals surface area contributed by atoms with E-state index in [9.17, 15) is 9.59 Å². The van der Waals surface area contributed by atoms with Gasteiger partial charge in [-0.2, -0.15) is 0 Å². The first-order valence-electron chi connectivity index (χ1n) is 9.29. The first kappa shape index (κ1) is 16.9. The first-order valence-corrected chi connectivity index (χ1v) is 10.1. The summed E-state index contributed by atoms with van der Waals surface area (Å²) in [4.78, 5) is 29.2. The smallest absolute Gasteiger partial charge is 0.309 e. The van der Waals surface area contributed by atoms with Crippen LogP contribution in [-0.2, 0) is 6.42 Å². The predicted octanol–water partition coefficient (Wildman–Crippen LogP) is 3.41. The molecule has 1 fully saturated rings. The molecule has 0 saturated heterocycles. The molecule has 1 saturated carbocycles. The van der Waals surface area contributed by atoms with Crippen LogP contribution in [0.4, 0.5) is 4.39 Å². The summed E-state index contributed by atoms with van der Waals surface area (Å²) in [6.45, 7) is 4.85. The third-order valence-electron chi connectivity index (χ3n) is 5.66. The Kier molecular flexibility index (Phi) is 3.67. The van der Waals surface area contributed by atoms with Crippen molar-refractivity contribution in [2.24, 2.45) is 0 Å². The zero-order chi connectivity index (χ0) is 18.9. The quantitative estimate of drug-likeness (QED) is 0.710. The summed E-state index contributed by atoms with van der Waals surface area (Å²) in [5.74, 6) is -0.411. The Balaban J connectivity index is 1.83. The molecule has 2 N–H and O–H groups in total. The molecule has 0 radical (unpaired) electrons. The van der Waals surface area contributed by atoms with Crippen LogP contribution in [0.1, 0.15) is 47.9 Å². The van der Waals surface area contributed by atoms with E-state index in [0.717, 1.165) is 30.7 Å². The van der Waals surface area contributed by atoms with E-state index in [4.69, 9.17) is 0 Å². The number of benzene rings is 1. The molecule has 5 nitrogen and oxygen atoms in total. The number of rotatable bonds is 2. The number of nitrogens with one attached hydrogen (secondary N) is 2. The van der Waals surface area contributed by atoms with Crippen LogP contribution >= 0.6 is 11.3 Å². The lowest BCUT2D eigenvalue weighted by molar-refractivity contribution is 0.551. The van der Waals surface area contributed by atoms with E-state index in [1.807, 2.05) is 6.92 Å². The van der Waals surface area contributed by atoms with Gasteiger partial charge < -0.3 is 5.32 Å². The minimum atomic E-state index is -0.524. The molecule has 1 aliphatic carbocycles. The molecule has 0 spiro atoms.